The molecule has 0 saturated carbocycles. The fraction of sp³-hybridized carbons (Fsp3) is 0.391. The van der Waals surface area contributed by atoms with E-state index in [-0.39, 0.29) is 24.1 Å². The van der Waals surface area contributed by atoms with Crippen LogP contribution in [-0.4, -0.2) is 60.2 Å². The molecule has 1 aliphatic heterocycles. The average Bonchev–Trinajstić information content (AvgIpc) is 2.76. The van der Waals surface area contributed by atoms with E-state index in [4.69, 9.17) is 39.5 Å². The Balaban J connectivity index is 1.43. The van der Waals surface area contributed by atoms with E-state index in [1.165, 1.54) is 19.1 Å². The maximum atomic E-state index is 12.6. The minimum atomic E-state index is -0.738. The SMILES string of the molecule is CC(=O)Nc1cc(Cl)ccc1C(=O)NCC(O)CN1CCC(Oc2ccc(Cl)c(Cl)c2)CC1. The first-order chi connectivity index (χ1) is 15.7. The van der Waals surface area contributed by atoms with E-state index in [2.05, 4.69) is 15.5 Å². The summed E-state index contributed by atoms with van der Waals surface area (Å²) in [6.07, 6.45) is 0.944. The molecule has 2 aromatic rings. The van der Waals surface area contributed by atoms with Crippen molar-refractivity contribution in [1.29, 1.82) is 0 Å². The van der Waals surface area contributed by atoms with E-state index in [0.717, 1.165) is 25.9 Å². The second-order valence-electron chi connectivity index (χ2n) is 7.93. The van der Waals surface area contributed by atoms with Gasteiger partial charge in [-0.25, -0.2) is 0 Å². The lowest BCUT2D eigenvalue weighted by molar-refractivity contribution is -0.114. The number of hydrogen-bond donors (Lipinski definition) is 3. The molecule has 1 saturated heterocycles. The van der Waals surface area contributed by atoms with Gasteiger partial charge in [0.05, 0.1) is 27.4 Å². The second kappa shape index (κ2) is 11.9. The van der Waals surface area contributed by atoms with E-state index in [0.29, 0.717) is 33.0 Å². The van der Waals surface area contributed by atoms with E-state index in [1.807, 2.05) is 0 Å². The molecule has 7 nitrogen and oxygen atoms in total. The quantitative estimate of drug-likeness (QED) is 0.490. The van der Waals surface area contributed by atoms with E-state index in [9.17, 15) is 14.7 Å². The minimum Gasteiger partial charge on any atom is -0.490 e. The smallest absolute Gasteiger partial charge is 0.253 e. The zero-order valence-electron chi connectivity index (χ0n) is 18.1. The Morgan fingerprint density at radius 3 is 2.52 bits per heavy atom. The molecule has 178 valence electrons. The Bertz CT molecular complexity index is 997. The van der Waals surface area contributed by atoms with Crippen LogP contribution in [-0.2, 0) is 4.79 Å². The van der Waals surface area contributed by atoms with Crippen LogP contribution >= 0.6 is 34.8 Å². The van der Waals surface area contributed by atoms with Crippen LogP contribution in [0.2, 0.25) is 15.1 Å². The fourth-order valence-corrected chi connectivity index (χ4v) is 4.09. The number of halogens is 3. The van der Waals surface area contributed by atoms with Gasteiger partial charge in [-0.1, -0.05) is 34.8 Å². The second-order valence-corrected chi connectivity index (χ2v) is 9.18. The maximum Gasteiger partial charge on any atom is 0.253 e. The number of anilines is 1. The number of carbonyl (C=O) groups is 2. The number of piperidine rings is 1. The average molecular weight is 515 g/mol. The molecule has 3 N–H and O–H groups in total. The first-order valence-corrected chi connectivity index (χ1v) is 11.7. The molecule has 0 bridgehead atoms. The lowest BCUT2D eigenvalue weighted by atomic mass is 10.1. The molecule has 1 heterocycles. The summed E-state index contributed by atoms with van der Waals surface area (Å²) in [6.45, 7) is 3.40. The van der Waals surface area contributed by atoms with Crippen molar-refractivity contribution in [1.82, 2.24) is 10.2 Å². The highest BCUT2D eigenvalue weighted by molar-refractivity contribution is 6.42. The molecule has 10 heteroatoms. The number of nitrogens with one attached hydrogen (secondary N) is 2. The topological polar surface area (TPSA) is 90.9 Å². The Morgan fingerprint density at radius 2 is 1.85 bits per heavy atom. The normalized spacial score (nSPS) is 15.7. The number of rotatable bonds is 8. The lowest BCUT2D eigenvalue weighted by Crippen LogP contribution is -2.45. The summed E-state index contributed by atoms with van der Waals surface area (Å²) < 4.78 is 5.99. The maximum absolute atomic E-state index is 12.6. The first-order valence-electron chi connectivity index (χ1n) is 10.6. The third-order valence-electron chi connectivity index (χ3n) is 5.23. The van der Waals surface area contributed by atoms with Gasteiger partial charge in [-0.15, -0.1) is 0 Å². The van der Waals surface area contributed by atoms with Crippen LogP contribution in [0.15, 0.2) is 36.4 Å². The van der Waals surface area contributed by atoms with Gasteiger partial charge in [0.15, 0.2) is 0 Å². The van der Waals surface area contributed by atoms with Crippen LogP contribution in [0.4, 0.5) is 5.69 Å². The molecule has 0 radical (unpaired) electrons. The number of likely N-dealkylation sites (tertiary alicyclic amines) is 1. The number of benzene rings is 2. The molecular weight excluding hydrogens is 489 g/mol. The summed E-state index contributed by atoms with van der Waals surface area (Å²) in [7, 11) is 0. The summed E-state index contributed by atoms with van der Waals surface area (Å²) in [6, 6.07) is 9.84. The van der Waals surface area contributed by atoms with Gasteiger partial charge in [-0.05, 0) is 43.2 Å². The largest absolute Gasteiger partial charge is 0.490 e. The summed E-state index contributed by atoms with van der Waals surface area (Å²) in [5, 5.41) is 17.1. The predicted octanol–water partition coefficient (Wildman–Crippen LogP) is 4.24. The highest BCUT2D eigenvalue weighted by atomic mass is 35.5. The fourth-order valence-electron chi connectivity index (χ4n) is 3.63. The van der Waals surface area contributed by atoms with Crippen LogP contribution in [0.1, 0.15) is 30.1 Å². The molecule has 0 spiro atoms. The van der Waals surface area contributed by atoms with Gasteiger partial charge in [0, 0.05) is 44.2 Å². The molecular formula is C23H26Cl3N3O4. The zero-order valence-corrected chi connectivity index (χ0v) is 20.4. The van der Waals surface area contributed by atoms with Gasteiger partial charge in [0.1, 0.15) is 11.9 Å². The van der Waals surface area contributed by atoms with Gasteiger partial charge >= 0.3 is 0 Å². The van der Waals surface area contributed by atoms with Crippen LogP contribution in [0.5, 0.6) is 5.75 Å². The van der Waals surface area contributed by atoms with Crippen LogP contribution in [0.3, 0.4) is 0 Å². The van der Waals surface area contributed by atoms with Crippen molar-refractivity contribution in [2.24, 2.45) is 0 Å². The Morgan fingerprint density at radius 1 is 1.12 bits per heavy atom. The molecule has 33 heavy (non-hydrogen) atoms. The van der Waals surface area contributed by atoms with E-state index >= 15 is 0 Å². The van der Waals surface area contributed by atoms with Gasteiger partial charge in [0.25, 0.3) is 5.91 Å². The molecule has 2 amide bonds. The standard InChI is InChI=1S/C23H26Cl3N3O4/c1-14(30)28-22-10-15(24)2-4-19(22)23(32)27-12-16(31)13-29-8-6-17(7-9-29)33-18-3-5-20(25)21(26)11-18/h2-5,10-11,16-17,31H,6-9,12-13H2,1H3,(H,27,32)(H,28,30). The first kappa shape index (κ1) is 25.6. The summed E-state index contributed by atoms with van der Waals surface area (Å²) >= 11 is 17.9. The monoisotopic (exact) mass is 513 g/mol. The summed E-state index contributed by atoms with van der Waals surface area (Å²) in [4.78, 5) is 26.1. The van der Waals surface area contributed by atoms with Crippen LogP contribution in [0, 0.1) is 0 Å². The minimum absolute atomic E-state index is 0.0624. The highest BCUT2D eigenvalue weighted by Gasteiger charge is 2.23. The van der Waals surface area contributed by atoms with Crippen molar-refractivity contribution >= 4 is 52.3 Å². The highest BCUT2D eigenvalue weighted by Crippen LogP contribution is 2.28. The van der Waals surface area contributed by atoms with Gasteiger partial charge in [-0.2, -0.15) is 0 Å². The molecule has 0 aromatic heterocycles. The van der Waals surface area contributed by atoms with Crippen molar-refractivity contribution in [3.05, 3.63) is 57.0 Å². The van der Waals surface area contributed by atoms with Crippen molar-refractivity contribution in [3.63, 3.8) is 0 Å². The van der Waals surface area contributed by atoms with E-state index < -0.39 is 12.0 Å². The number of amides is 2. The number of carbonyl (C=O) groups excluding carboxylic acids is 2. The lowest BCUT2D eigenvalue weighted by Gasteiger charge is -2.33. The number of ether oxygens (including phenoxy) is 1. The van der Waals surface area contributed by atoms with Crippen molar-refractivity contribution < 1.29 is 19.4 Å². The third-order valence-corrected chi connectivity index (χ3v) is 6.21. The molecule has 1 atom stereocenters. The number of nitrogens with zero attached hydrogens (tertiary/aromatic N) is 1. The van der Waals surface area contributed by atoms with Crippen molar-refractivity contribution in [2.45, 2.75) is 32.0 Å². The van der Waals surface area contributed by atoms with Crippen molar-refractivity contribution in [3.8, 4) is 5.75 Å². The van der Waals surface area contributed by atoms with Crippen LogP contribution in [0.25, 0.3) is 0 Å². The Hall–Kier alpha value is -2.03. The molecule has 1 fully saturated rings. The number of β-amino-alcohol motifs (C(OH)–C–C–N with tert-alkyl or cyclic N) is 1. The summed E-state index contributed by atoms with van der Waals surface area (Å²) in [5.74, 6) is -0.0208. The van der Waals surface area contributed by atoms with Crippen LogP contribution < -0.4 is 15.4 Å². The van der Waals surface area contributed by atoms with Gasteiger partial charge in [-0.3, -0.25) is 9.59 Å². The molecule has 1 aliphatic rings. The number of aliphatic hydroxyl groups is 1. The van der Waals surface area contributed by atoms with Gasteiger partial charge < -0.3 is 25.4 Å². The Kier molecular flexibility index (Phi) is 9.23. The molecule has 1 unspecified atom stereocenters. The molecule has 0 aliphatic carbocycles. The van der Waals surface area contributed by atoms with E-state index in [1.54, 1.807) is 24.3 Å². The van der Waals surface area contributed by atoms with Crippen molar-refractivity contribution in [2.75, 3.05) is 31.5 Å². The predicted molar refractivity (Wildman–Crippen MR) is 131 cm³/mol. The van der Waals surface area contributed by atoms with Gasteiger partial charge in [0.2, 0.25) is 5.91 Å². The third kappa shape index (κ3) is 7.76. The Labute approximate surface area is 207 Å². The molecule has 3 rings (SSSR count). The number of hydrogen-bond acceptors (Lipinski definition) is 5. The summed E-state index contributed by atoms with van der Waals surface area (Å²) in [5.41, 5.74) is 0.605. The number of aliphatic hydroxyl groups excluding tert-OH is 1. The zero-order chi connectivity index (χ0) is 24.0. The molecule has 2 aromatic carbocycles.